The number of fused-ring (bicyclic) bond motifs is 1. The number of carbonyl (C=O) groups is 2. The summed E-state index contributed by atoms with van der Waals surface area (Å²) in [6.45, 7) is 3.35. The fourth-order valence-electron chi connectivity index (χ4n) is 4.45. The lowest BCUT2D eigenvalue weighted by molar-refractivity contribution is -0.612. The first-order chi connectivity index (χ1) is 18.1. The number of hydrogen-bond donors (Lipinski definition) is 0. The summed E-state index contributed by atoms with van der Waals surface area (Å²) in [5.41, 5.74) is 2.37. The van der Waals surface area contributed by atoms with Crippen molar-refractivity contribution in [2.75, 3.05) is 26.2 Å². The lowest BCUT2D eigenvalue weighted by Crippen LogP contribution is -2.51. The molecule has 196 valence electrons. The first kappa shape index (κ1) is 25.8. The maximum absolute atomic E-state index is 13.5. The standard InChI is InChI=1S/C25H23ClN6O5S/c1-16-11-18(5-6-31(16)35)20-14-27-24(28-15-20)25(34)29-7-9-30(10-8-29)38(36,37)23-13-19-12-21(26)3-4-22(19)32(23)17(2)33/h3-6,11-15H,7-10H2,1-2H3. The second-order valence-electron chi connectivity index (χ2n) is 8.91. The van der Waals surface area contributed by atoms with E-state index in [-0.39, 0.29) is 37.0 Å². The largest absolute Gasteiger partial charge is 0.619 e. The summed E-state index contributed by atoms with van der Waals surface area (Å²) in [4.78, 5) is 35.2. The highest BCUT2D eigenvalue weighted by Crippen LogP contribution is 2.28. The van der Waals surface area contributed by atoms with Crippen LogP contribution in [0.4, 0.5) is 0 Å². The number of pyridine rings is 1. The first-order valence-electron chi connectivity index (χ1n) is 11.7. The molecule has 0 atom stereocenters. The van der Waals surface area contributed by atoms with Gasteiger partial charge in [-0.15, -0.1) is 0 Å². The SMILES string of the molecule is CC(=O)n1c(S(=O)(=O)N2CCN(C(=O)c3ncc(-c4cc[n+]([O-])c(C)c4)cn3)CC2)cc2cc(Cl)ccc21. The van der Waals surface area contributed by atoms with Crippen molar-refractivity contribution in [3.8, 4) is 11.1 Å². The van der Waals surface area contributed by atoms with E-state index in [4.69, 9.17) is 11.6 Å². The molecule has 0 bridgehead atoms. The van der Waals surface area contributed by atoms with E-state index < -0.39 is 21.8 Å². The molecule has 1 saturated heterocycles. The predicted molar refractivity (Wildman–Crippen MR) is 139 cm³/mol. The Morgan fingerprint density at radius 1 is 1.00 bits per heavy atom. The third kappa shape index (κ3) is 4.62. The third-order valence-electron chi connectivity index (χ3n) is 6.45. The van der Waals surface area contributed by atoms with Gasteiger partial charge in [-0.3, -0.25) is 14.2 Å². The van der Waals surface area contributed by atoms with Crippen LogP contribution in [0.15, 0.2) is 60.0 Å². The molecule has 1 amide bonds. The van der Waals surface area contributed by atoms with Gasteiger partial charge in [0.25, 0.3) is 15.9 Å². The summed E-state index contributed by atoms with van der Waals surface area (Å²) >= 11 is 6.06. The van der Waals surface area contributed by atoms with E-state index in [1.807, 2.05) is 0 Å². The molecule has 13 heteroatoms. The number of hydrogen-bond acceptors (Lipinski definition) is 7. The number of carbonyl (C=O) groups excluding carboxylic acids is 2. The molecule has 4 aromatic rings. The van der Waals surface area contributed by atoms with Gasteiger partial charge in [-0.05, 0) is 29.8 Å². The molecule has 38 heavy (non-hydrogen) atoms. The van der Waals surface area contributed by atoms with Crippen LogP contribution in [0.5, 0.6) is 0 Å². The highest BCUT2D eigenvalue weighted by atomic mass is 35.5. The quantitative estimate of drug-likeness (QED) is 0.279. The minimum Gasteiger partial charge on any atom is -0.619 e. The van der Waals surface area contributed by atoms with Crippen LogP contribution in [0, 0.1) is 12.1 Å². The van der Waals surface area contributed by atoms with Crippen LogP contribution in [0.3, 0.4) is 0 Å². The Kier molecular flexibility index (Phi) is 6.63. The van der Waals surface area contributed by atoms with Crippen LogP contribution in [-0.4, -0.2) is 70.2 Å². The summed E-state index contributed by atoms with van der Waals surface area (Å²) in [6.07, 6.45) is 4.41. The van der Waals surface area contributed by atoms with E-state index in [0.717, 1.165) is 10.3 Å². The summed E-state index contributed by atoms with van der Waals surface area (Å²) in [6, 6.07) is 9.60. The minimum atomic E-state index is -4.03. The molecule has 4 heterocycles. The number of aryl methyl sites for hydroxylation is 1. The molecule has 0 aliphatic carbocycles. The van der Waals surface area contributed by atoms with Crippen LogP contribution < -0.4 is 4.73 Å². The molecular weight excluding hydrogens is 532 g/mol. The van der Waals surface area contributed by atoms with Gasteiger partial charge in [-0.2, -0.15) is 9.04 Å². The summed E-state index contributed by atoms with van der Waals surface area (Å²) < 4.78 is 30.2. The van der Waals surface area contributed by atoms with Crippen molar-refractivity contribution < 1.29 is 22.7 Å². The monoisotopic (exact) mass is 554 g/mol. The number of halogens is 1. The van der Waals surface area contributed by atoms with Crippen LogP contribution in [-0.2, 0) is 10.0 Å². The number of nitrogens with zero attached hydrogens (tertiary/aromatic N) is 6. The topological polar surface area (TPSA) is 132 Å². The number of piperazine rings is 1. The normalized spacial score (nSPS) is 14.7. The molecule has 0 saturated carbocycles. The molecule has 0 spiro atoms. The van der Waals surface area contributed by atoms with Gasteiger partial charge in [0, 0.05) is 80.5 Å². The zero-order chi connectivity index (χ0) is 27.2. The van der Waals surface area contributed by atoms with Crippen LogP contribution in [0.25, 0.3) is 22.0 Å². The highest BCUT2D eigenvalue weighted by Gasteiger charge is 2.34. The third-order valence-corrected chi connectivity index (χ3v) is 8.56. The predicted octanol–water partition coefficient (Wildman–Crippen LogP) is 2.50. The van der Waals surface area contributed by atoms with E-state index in [1.54, 1.807) is 37.3 Å². The van der Waals surface area contributed by atoms with Crippen molar-refractivity contribution in [1.82, 2.24) is 23.7 Å². The minimum absolute atomic E-state index is 0.00909. The van der Waals surface area contributed by atoms with E-state index >= 15 is 0 Å². The number of amides is 1. The highest BCUT2D eigenvalue weighted by molar-refractivity contribution is 7.89. The molecule has 3 aromatic heterocycles. The summed E-state index contributed by atoms with van der Waals surface area (Å²) in [5.74, 6) is -0.860. The molecule has 0 N–H and O–H groups in total. The van der Waals surface area contributed by atoms with Crippen LogP contribution in [0.1, 0.15) is 28.0 Å². The molecule has 1 aliphatic heterocycles. The second kappa shape index (κ2) is 9.78. The molecule has 1 aliphatic rings. The van der Waals surface area contributed by atoms with Crippen molar-refractivity contribution in [2.24, 2.45) is 0 Å². The first-order valence-corrected chi connectivity index (χ1v) is 13.5. The van der Waals surface area contributed by atoms with E-state index in [2.05, 4.69) is 9.97 Å². The van der Waals surface area contributed by atoms with Gasteiger partial charge in [-0.1, -0.05) is 11.6 Å². The molecule has 0 radical (unpaired) electrons. The van der Waals surface area contributed by atoms with Gasteiger partial charge in [0.1, 0.15) is 0 Å². The Bertz CT molecular complexity index is 1680. The Morgan fingerprint density at radius 2 is 1.68 bits per heavy atom. The van der Waals surface area contributed by atoms with Gasteiger partial charge in [0.15, 0.2) is 16.9 Å². The van der Waals surface area contributed by atoms with Crippen molar-refractivity contribution in [3.63, 3.8) is 0 Å². The zero-order valence-electron chi connectivity index (χ0n) is 20.5. The second-order valence-corrected chi connectivity index (χ2v) is 11.2. The Morgan fingerprint density at radius 3 is 2.32 bits per heavy atom. The molecular formula is C25H23ClN6O5S. The zero-order valence-corrected chi connectivity index (χ0v) is 22.1. The van der Waals surface area contributed by atoms with Crippen LogP contribution >= 0.6 is 11.6 Å². The average molecular weight is 555 g/mol. The molecule has 1 fully saturated rings. The molecule has 5 rings (SSSR count). The Balaban J connectivity index is 1.31. The smallest absolute Gasteiger partial charge is 0.291 e. The van der Waals surface area contributed by atoms with Crippen molar-refractivity contribution >= 4 is 44.3 Å². The number of sulfonamides is 1. The van der Waals surface area contributed by atoms with E-state index in [9.17, 15) is 23.2 Å². The molecule has 0 unspecified atom stereocenters. The van der Waals surface area contributed by atoms with Gasteiger partial charge in [-0.25, -0.2) is 18.4 Å². The number of benzene rings is 1. The van der Waals surface area contributed by atoms with Crippen molar-refractivity contribution in [2.45, 2.75) is 18.9 Å². The van der Waals surface area contributed by atoms with Crippen LogP contribution in [0.2, 0.25) is 5.02 Å². The summed E-state index contributed by atoms with van der Waals surface area (Å²) in [7, 11) is -4.03. The number of rotatable bonds is 4. The van der Waals surface area contributed by atoms with Gasteiger partial charge < -0.3 is 10.1 Å². The van der Waals surface area contributed by atoms with Gasteiger partial charge >= 0.3 is 0 Å². The van der Waals surface area contributed by atoms with Crippen molar-refractivity contribution in [1.29, 1.82) is 0 Å². The maximum atomic E-state index is 13.5. The van der Waals surface area contributed by atoms with Gasteiger partial charge in [0.2, 0.25) is 11.7 Å². The fraction of sp³-hybridized carbons (Fsp3) is 0.240. The number of aromatic nitrogens is 4. The maximum Gasteiger partial charge on any atom is 0.291 e. The van der Waals surface area contributed by atoms with Gasteiger partial charge in [0.05, 0.1) is 5.52 Å². The lowest BCUT2D eigenvalue weighted by Gasteiger charge is -2.33. The molecule has 11 nitrogen and oxygen atoms in total. The van der Waals surface area contributed by atoms with Crippen molar-refractivity contribution in [3.05, 3.63) is 76.7 Å². The average Bonchev–Trinajstić information content (AvgIpc) is 3.30. The van der Waals surface area contributed by atoms with E-state index in [1.165, 1.54) is 45.4 Å². The molecule has 1 aromatic carbocycles. The summed E-state index contributed by atoms with van der Waals surface area (Å²) in [5, 5.41) is 12.4. The fourth-order valence-corrected chi connectivity index (χ4v) is 6.27. The lowest BCUT2D eigenvalue weighted by atomic mass is 10.1. The van der Waals surface area contributed by atoms with E-state index in [0.29, 0.717) is 27.2 Å². The Hall–Kier alpha value is -3.87. The Labute approximate surface area is 223 Å².